The molecule has 0 atom stereocenters. The van der Waals surface area contributed by atoms with Crippen molar-refractivity contribution >= 4 is 33.7 Å². The molecule has 0 saturated carbocycles. The maximum absolute atomic E-state index is 13.0. The van der Waals surface area contributed by atoms with Crippen molar-refractivity contribution in [3.8, 4) is 0 Å². The molecule has 0 unspecified atom stereocenters. The van der Waals surface area contributed by atoms with Gasteiger partial charge in [0.2, 0.25) is 4.96 Å². The van der Waals surface area contributed by atoms with E-state index in [9.17, 15) is 14.0 Å². The molecule has 4 aromatic rings. The van der Waals surface area contributed by atoms with Gasteiger partial charge in [0.15, 0.2) is 0 Å². The van der Waals surface area contributed by atoms with Gasteiger partial charge in [-0.25, -0.2) is 4.39 Å². The summed E-state index contributed by atoms with van der Waals surface area (Å²) in [5.74, 6) is -0.351. The molecule has 0 N–H and O–H groups in total. The molecule has 0 aliphatic rings. The molecule has 0 bridgehead atoms. The van der Waals surface area contributed by atoms with Gasteiger partial charge in [0.1, 0.15) is 11.5 Å². The van der Waals surface area contributed by atoms with Crippen molar-refractivity contribution < 1.29 is 4.39 Å². The lowest BCUT2D eigenvalue weighted by atomic mass is 10.1. The summed E-state index contributed by atoms with van der Waals surface area (Å²) in [6.45, 7) is 0. The largest absolute Gasteiger partial charge is 0.296 e. The van der Waals surface area contributed by atoms with Crippen molar-refractivity contribution in [1.82, 2.24) is 14.6 Å². The molecular weight excluding hydrogens is 361 g/mol. The Kier molecular flexibility index (Phi) is 3.98. The van der Waals surface area contributed by atoms with Crippen molar-refractivity contribution in [2.45, 2.75) is 6.42 Å². The molecule has 1 aromatic carbocycles. The van der Waals surface area contributed by atoms with Gasteiger partial charge in [-0.2, -0.15) is 14.6 Å². The van der Waals surface area contributed by atoms with E-state index in [1.54, 1.807) is 18.2 Å². The number of aromatic nitrogens is 3. The summed E-state index contributed by atoms with van der Waals surface area (Å²) in [5, 5.41) is 6.09. The third kappa shape index (κ3) is 3.13. The molecule has 0 aliphatic heterocycles. The third-order valence-corrected chi connectivity index (χ3v) is 5.33. The maximum Gasteiger partial charge on any atom is 0.296 e. The van der Waals surface area contributed by atoms with E-state index in [0.717, 1.165) is 26.3 Å². The normalized spacial score (nSPS) is 12.1. The number of hydrogen-bond acceptors (Lipinski definition) is 6. The Morgan fingerprint density at radius 3 is 2.68 bits per heavy atom. The van der Waals surface area contributed by atoms with Crippen molar-refractivity contribution in [1.29, 1.82) is 0 Å². The Hall–Kier alpha value is -2.71. The molecule has 0 fully saturated rings. The zero-order chi connectivity index (χ0) is 17.4. The molecule has 4 rings (SSSR count). The molecule has 3 aromatic heterocycles. The fourth-order valence-corrected chi connectivity index (χ4v) is 3.98. The van der Waals surface area contributed by atoms with E-state index in [1.807, 2.05) is 17.5 Å². The predicted molar refractivity (Wildman–Crippen MR) is 95.7 cm³/mol. The summed E-state index contributed by atoms with van der Waals surface area (Å²) in [7, 11) is 0. The van der Waals surface area contributed by atoms with E-state index in [1.165, 1.54) is 23.5 Å². The summed E-state index contributed by atoms with van der Waals surface area (Å²) in [6, 6.07) is 9.58. The molecule has 0 saturated heterocycles. The molecule has 25 heavy (non-hydrogen) atoms. The predicted octanol–water partition coefficient (Wildman–Crippen LogP) is 1.85. The zero-order valence-corrected chi connectivity index (χ0v) is 14.3. The Morgan fingerprint density at radius 1 is 1.16 bits per heavy atom. The number of nitrogens with zero attached hydrogens (tertiary/aromatic N) is 3. The first-order valence-electron chi connectivity index (χ1n) is 7.32. The molecule has 0 radical (unpaired) electrons. The van der Waals surface area contributed by atoms with Crippen molar-refractivity contribution in [2.75, 3.05) is 0 Å². The molecule has 0 amide bonds. The van der Waals surface area contributed by atoms with E-state index in [-0.39, 0.29) is 28.5 Å². The molecule has 0 spiro atoms. The molecule has 0 aliphatic carbocycles. The molecule has 5 nitrogen and oxygen atoms in total. The Labute approximate surface area is 148 Å². The Balaban J connectivity index is 1.81. The molecular formula is C17H10FN3O2S2. The van der Waals surface area contributed by atoms with Gasteiger partial charge >= 0.3 is 0 Å². The van der Waals surface area contributed by atoms with E-state index in [4.69, 9.17) is 0 Å². The van der Waals surface area contributed by atoms with Crippen molar-refractivity contribution in [3.63, 3.8) is 0 Å². The lowest BCUT2D eigenvalue weighted by Gasteiger charge is -2.00. The van der Waals surface area contributed by atoms with Crippen LogP contribution in [0, 0.1) is 5.82 Å². The van der Waals surface area contributed by atoms with Crippen LogP contribution in [0.3, 0.4) is 0 Å². The molecule has 3 heterocycles. The first-order chi connectivity index (χ1) is 12.1. The van der Waals surface area contributed by atoms with Crippen LogP contribution in [0.2, 0.25) is 0 Å². The highest BCUT2D eigenvalue weighted by Gasteiger charge is 2.11. The van der Waals surface area contributed by atoms with Gasteiger partial charge in [0.05, 0.1) is 4.53 Å². The van der Waals surface area contributed by atoms with Crippen molar-refractivity contribution in [2.24, 2.45) is 0 Å². The van der Waals surface area contributed by atoms with Gasteiger partial charge in [-0.15, -0.1) is 11.3 Å². The van der Waals surface area contributed by atoms with Crippen LogP contribution in [0.25, 0.3) is 11.0 Å². The number of benzene rings is 1. The van der Waals surface area contributed by atoms with E-state index in [0.29, 0.717) is 4.53 Å². The maximum atomic E-state index is 13.0. The van der Waals surface area contributed by atoms with E-state index < -0.39 is 5.56 Å². The number of thiazole rings is 1. The lowest BCUT2D eigenvalue weighted by molar-refractivity contribution is 0.627. The van der Waals surface area contributed by atoms with Gasteiger partial charge in [-0.3, -0.25) is 9.59 Å². The average molecular weight is 371 g/mol. The number of halogens is 1. The van der Waals surface area contributed by atoms with Crippen molar-refractivity contribution in [3.05, 3.63) is 89.0 Å². The van der Waals surface area contributed by atoms with Crippen LogP contribution in [0.15, 0.2) is 51.4 Å². The minimum absolute atomic E-state index is 0.154. The average Bonchev–Trinajstić information content (AvgIpc) is 3.20. The second-order valence-electron chi connectivity index (χ2n) is 5.29. The van der Waals surface area contributed by atoms with Crippen LogP contribution in [-0.2, 0) is 6.42 Å². The Bertz CT molecular complexity index is 1210. The van der Waals surface area contributed by atoms with Crippen LogP contribution < -0.4 is 15.7 Å². The highest BCUT2D eigenvalue weighted by atomic mass is 32.1. The highest BCUT2D eigenvalue weighted by Crippen LogP contribution is 2.09. The van der Waals surface area contributed by atoms with Gasteiger partial charge < -0.3 is 0 Å². The second kappa shape index (κ2) is 6.30. The smallest absolute Gasteiger partial charge is 0.266 e. The Morgan fingerprint density at radius 2 is 1.96 bits per heavy atom. The highest BCUT2D eigenvalue weighted by molar-refractivity contribution is 7.15. The number of rotatable bonds is 3. The summed E-state index contributed by atoms with van der Waals surface area (Å²) in [6.07, 6.45) is 1.95. The lowest BCUT2D eigenvalue weighted by Crippen LogP contribution is -2.27. The summed E-state index contributed by atoms with van der Waals surface area (Å²) in [4.78, 5) is 29.9. The summed E-state index contributed by atoms with van der Waals surface area (Å²) in [5.41, 5.74) is 0.0944. The SMILES string of the molecule is O=c1nc2s/c(=C\c3cccs3)c(=O)n2nc1Cc1ccc(F)cc1. The summed E-state index contributed by atoms with van der Waals surface area (Å²) < 4.78 is 14.6. The molecule has 124 valence electrons. The minimum atomic E-state index is -0.478. The summed E-state index contributed by atoms with van der Waals surface area (Å²) >= 11 is 2.65. The first kappa shape index (κ1) is 15.8. The van der Waals surface area contributed by atoms with Crippen LogP contribution in [-0.4, -0.2) is 14.6 Å². The van der Waals surface area contributed by atoms with Gasteiger partial charge in [0.25, 0.3) is 11.1 Å². The van der Waals surface area contributed by atoms with Gasteiger partial charge in [-0.1, -0.05) is 29.5 Å². The first-order valence-corrected chi connectivity index (χ1v) is 9.02. The fourth-order valence-electron chi connectivity index (χ4n) is 2.35. The number of fused-ring (bicyclic) bond motifs is 1. The standard InChI is InChI=1S/C17H10FN3O2S2/c18-11-5-3-10(4-6-11)8-13-15(22)19-17-21(20-13)16(23)14(25-17)9-12-2-1-7-24-12/h1-7,9H,8H2/b14-9-. The minimum Gasteiger partial charge on any atom is -0.266 e. The fraction of sp³-hybridized carbons (Fsp3) is 0.0588. The number of hydrogen-bond donors (Lipinski definition) is 0. The van der Waals surface area contributed by atoms with Crippen LogP contribution in [0.1, 0.15) is 16.1 Å². The second-order valence-corrected chi connectivity index (χ2v) is 7.28. The topological polar surface area (TPSA) is 64.3 Å². The van der Waals surface area contributed by atoms with E-state index in [2.05, 4.69) is 10.1 Å². The van der Waals surface area contributed by atoms with Gasteiger partial charge in [0, 0.05) is 11.3 Å². The van der Waals surface area contributed by atoms with Crippen LogP contribution >= 0.6 is 22.7 Å². The van der Waals surface area contributed by atoms with Crippen LogP contribution in [0.5, 0.6) is 0 Å². The molecule has 8 heteroatoms. The number of thiophene rings is 1. The van der Waals surface area contributed by atoms with E-state index >= 15 is 0 Å². The van der Waals surface area contributed by atoms with Gasteiger partial charge in [-0.05, 0) is 35.2 Å². The quantitative estimate of drug-likeness (QED) is 0.551. The van der Waals surface area contributed by atoms with Crippen LogP contribution in [0.4, 0.5) is 4.39 Å². The zero-order valence-electron chi connectivity index (χ0n) is 12.7. The third-order valence-electron chi connectivity index (χ3n) is 3.55. The monoisotopic (exact) mass is 371 g/mol.